The zero-order valence-electron chi connectivity index (χ0n) is 11.4. The number of aliphatic hydroxyl groups excluding tert-OH is 1. The molecule has 20 heavy (non-hydrogen) atoms. The Morgan fingerprint density at radius 3 is 2.80 bits per heavy atom. The van der Waals surface area contributed by atoms with Gasteiger partial charge >= 0.3 is 0 Å². The second-order valence-corrected chi connectivity index (χ2v) is 7.93. The molecule has 0 aliphatic carbocycles. The lowest BCUT2D eigenvalue weighted by Crippen LogP contribution is -2.22. The van der Waals surface area contributed by atoms with Crippen molar-refractivity contribution in [3.8, 4) is 5.75 Å². The number of halogens is 1. The summed E-state index contributed by atoms with van der Waals surface area (Å²) in [5.41, 5.74) is 0.906. The lowest BCUT2D eigenvalue weighted by Gasteiger charge is -2.21. The molecular formula is C14H19ClO4S. The van der Waals surface area contributed by atoms with Crippen molar-refractivity contribution in [1.82, 2.24) is 0 Å². The van der Waals surface area contributed by atoms with E-state index in [1.807, 2.05) is 6.07 Å². The number of benzene rings is 1. The molecule has 1 saturated heterocycles. The van der Waals surface area contributed by atoms with Crippen LogP contribution in [0.5, 0.6) is 5.75 Å². The van der Waals surface area contributed by atoms with Crippen LogP contribution in [0.25, 0.3) is 0 Å². The average Bonchev–Trinajstić information content (AvgIpc) is 2.76. The first-order valence-electron chi connectivity index (χ1n) is 6.59. The smallest absolute Gasteiger partial charge is 0.150 e. The summed E-state index contributed by atoms with van der Waals surface area (Å²) >= 11 is 5.99. The van der Waals surface area contributed by atoms with Crippen molar-refractivity contribution in [2.75, 3.05) is 25.2 Å². The summed E-state index contributed by atoms with van der Waals surface area (Å²) in [4.78, 5) is 0. The molecule has 2 rings (SSSR count). The topological polar surface area (TPSA) is 63.6 Å². The van der Waals surface area contributed by atoms with Crippen molar-refractivity contribution in [3.63, 3.8) is 0 Å². The fraction of sp³-hybridized carbons (Fsp3) is 0.571. The molecular weight excluding hydrogens is 300 g/mol. The SMILES string of the molecule is COc1ccc(Cl)cc1CC(CO)C1CCS(=O)(=O)C1. The van der Waals surface area contributed by atoms with Crippen LogP contribution < -0.4 is 4.74 Å². The number of ether oxygens (including phenoxy) is 1. The third kappa shape index (κ3) is 3.65. The van der Waals surface area contributed by atoms with Crippen molar-refractivity contribution in [1.29, 1.82) is 0 Å². The van der Waals surface area contributed by atoms with Gasteiger partial charge in [-0.15, -0.1) is 0 Å². The van der Waals surface area contributed by atoms with Gasteiger partial charge in [0.2, 0.25) is 0 Å². The molecule has 2 atom stereocenters. The highest BCUT2D eigenvalue weighted by atomic mass is 35.5. The number of sulfone groups is 1. The normalized spacial score (nSPS) is 22.6. The van der Waals surface area contributed by atoms with E-state index in [-0.39, 0.29) is 29.9 Å². The molecule has 1 aromatic carbocycles. The molecule has 112 valence electrons. The van der Waals surface area contributed by atoms with Crippen LogP contribution in [0.2, 0.25) is 5.02 Å². The third-order valence-electron chi connectivity index (χ3n) is 3.89. The van der Waals surface area contributed by atoms with E-state index in [0.717, 1.165) is 5.56 Å². The first-order valence-corrected chi connectivity index (χ1v) is 8.79. The minimum absolute atomic E-state index is 0.00804. The van der Waals surface area contributed by atoms with Gasteiger partial charge in [0, 0.05) is 11.6 Å². The van der Waals surface area contributed by atoms with Crippen molar-refractivity contribution < 1.29 is 18.3 Å². The maximum atomic E-state index is 11.6. The standard InChI is InChI=1S/C14H19ClO4S/c1-19-14-3-2-13(15)7-11(14)6-12(8-16)10-4-5-20(17,18)9-10/h2-3,7,10,12,16H,4-6,8-9H2,1H3. The number of rotatable bonds is 5. The van der Waals surface area contributed by atoms with Gasteiger partial charge in [0.05, 0.1) is 18.6 Å². The summed E-state index contributed by atoms with van der Waals surface area (Å²) in [7, 11) is -1.35. The Morgan fingerprint density at radius 2 is 2.25 bits per heavy atom. The fourth-order valence-electron chi connectivity index (χ4n) is 2.76. The van der Waals surface area contributed by atoms with Crippen molar-refractivity contribution in [2.45, 2.75) is 12.8 Å². The van der Waals surface area contributed by atoms with Crippen LogP contribution in [-0.2, 0) is 16.3 Å². The predicted molar refractivity (Wildman–Crippen MR) is 79.0 cm³/mol. The molecule has 0 bridgehead atoms. The predicted octanol–water partition coefficient (Wildman–Crippen LogP) is 1.93. The van der Waals surface area contributed by atoms with E-state index in [1.165, 1.54) is 0 Å². The molecule has 1 N–H and O–H groups in total. The summed E-state index contributed by atoms with van der Waals surface area (Å²) in [5.74, 6) is 1.03. The minimum atomic E-state index is -2.94. The molecule has 1 aliphatic heterocycles. The molecule has 1 heterocycles. The highest BCUT2D eigenvalue weighted by molar-refractivity contribution is 7.91. The zero-order chi connectivity index (χ0) is 14.8. The molecule has 0 saturated carbocycles. The summed E-state index contributed by atoms with van der Waals surface area (Å²) in [5, 5.41) is 10.2. The molecule has 1 aliphatic rings. The quantitative estimate of drug-likeness (QED) is 0.901. The van der Waals surface area contributed by atoms with Crippen LogP contribution >= 0.6 is 11.6 Å². The maximum absolute atomic E-state index is 11.6. The molecule has 0 radical (unpaired) electrons. The minimum Gasteiger partial charge on any atom is -0.496 e. The average molecular weight is 319 g/mol. The van der Waals surface area contributed by atoms with Gasteiger partial charge in [-0.3, -0.25) is 0 Å². The van der Waals surface area contributed by atoms with Gasteiger partial charge in [-0.1, -0.05) is 11.6 Å². The number of aliphatic hydroxyl groups is 1. The lowest BCUT2D eigenvalue weighted by atomic mass is 9.87. The molecule has 2 unspecified atom stereocenters. The van der Waals surface area contributed by atoms with Gasteiger partial charge in [0.1, 0.15) is 5.75 Å². The fourth-order valence-corrected chi connectivity index (χ4v) is 4.88. The van der Waals surface area contributed by atoms with Gasteiger partial charge in [-0.25, -0.2) is 8.42 Å². The van der Waals surface area contributed by atoms with Gasteiger partial charge in [0.25, 0.3) is 0 Å². The Morgan fingerprint density at radius 1 is 1.50 bits per heavy atom. The van der Waals surface area contributed by atoms with Crippen LogP contribution in [-0.4, -0.2) is 38.7 Å². The molecule has 4 nitrogen and oxygen atoms in total. The highest BCUT2D eigenvalue weighted by Crippen LogP contribution is 2.32. The Kier molecular flexibility index (Phi) is 4.94. The van der Waals surface area contributed by atoms with Crippen LogP contribution in [0.15, 0.2) is 18.2 Å². The highest BCUT2D eigenvalue weighted by Gasteiger charge is 2.33. The van der Waals surface area contributed by atoms with Crippen LogP contribution in [0, 0.1) is 11.8 Å². The summed E-state index contributed by atoms with van der Waals surface area (Å²) in [6.45, 7) is -0.0319. The van der Waals surface area contributed by atoms with E-state index < -0.39 is 9.84 Å². The molecule has 0 amide bonds. The van der Waals surface area contributed by atoms with E-state index in [2.05, 4.69) is 0 Å². The molecule has 0 aromatic heterocycles. The number of methoxy groups -OCH3 is 1. The number of hydrogen-bond donors (Lipinski definition) is 1. The Balaban J connectivity index is 2.16. The third-order valence-corrected chi connectivity index (χ3v) is 5.92. The molecule has 1 fully saturated rings. The Hall–Kier alpha value is -0.780. The number of hydrogen-bond acceptors (Lipinski definition) is 4. The van der Waals surface area contributed by atoms with Crippen LogP contribution in [0.4, 0.5) is 0 Å². The van der Waals surface area contributed by atoms with Gasteiger partial charge in [-0.2, -0.15) is 0 Å². The van der Waals surface area contributed by atoms with Crippen LogP contribution in [0.1, 0.15) is 12.0 Å². The monoisotopic (exact) mass is 318 g/mol. The van der Waals surface area contributed by atoms with E-state index in [0.29, 0.717) is 23.6 Å². The van der Waals surface area contributed by atoms with Gasteiger partial charge in [-0.05, 0) is 48.4 Å². The largest absolute Gasteiger partial charge is 0.496 e. The Labute approximate surface area is 124 Å². The van der Waals surface area contributed by atoms with Gasteiger partial charge < -0.3 is 9.84 Å². The van der Waals surface area contributed by atoms with Crippen LogP contribution in [0.3, 0.4) is 0 Å². The molecule has 0 spiro atoms. The zero-order valence-corrected chi connectivity index (χ0v) is 13.0. The lowest BCUT2D eigenvalue weighted by molar-refractivity contribution is 0.183. The van der Waals surface area contributed by atoms with Crippen molar-refractivity contribution >= 4 is 21.4 Å². The molecule has 1 aromatic rings. The molecule has 6 heteroatoms. The van der Waals surface area contributed by atoms with E-state index >= 15 is 0 Å². The Bertz CT molecular complexity index is 571. The van der Waals surface area contributed by atoms with E-state index in [1.54, 1.807) is 19.2 Å². The second kappa shape index (κ2) is 6.33. The first-order chi connectivity index (χ1) is 9.45. The summed E-state index contributed by atoms with van der Waals surface area (Å²) in [6, 6.07) is 5.35. The first kappa shape index (κ1) is 15.6. The van der Waals surface area contributed by atoms with E-state index in [9.17, 15) is 13.5 Å². The van der Waals surface area contributed by atoms with Crippen molar-refractivity contribution in [3.05, 3.63) is 28.8 Å². The summed E-state index contributed by atoms with van der Waals surface area (Å²) in [6.07, 6.45) is 1.19. The van der Waals surface area contributed by atoms with Gasteiger partial charge in [0.15, 0.2) is 9.84 Å². The van der Waals surface area contributed by atoms with Crippen molar-refractivity contribution in [2.24, 2.45) is 11.8 Å². The second-order valence-electron chi connectivity index (χ2n) is 5.27. The maximum Gasteiger partial charge on any atom is 0.150 e. The summed E-state index contributed by atoms with van der Waals surface area (Å²) < 4.78 is 28.4. The van der Waals surface area contributed by atoms with E-state index in [4.69, 9.17) is 16.3 Å².